The van der Waals surface area contributed by atoms with Crippen LogP contribution in [-0.4, -0.2) is 12.5 Å². The van der Waals surface area contributed by atoms with Crippen LogP contribution in [0.2, 0.25) is 0 Å². The fourth-order valence-electron chi connectivity index (χ4n) is 1.72. The summed E-state index contributed by atoms with van der Waals surface area (Å²) in [5.41, 5.74) is 4.59. The summed E-state index contributed by atoms with van der Waals surface area (Å²) in [4.78, 5) is 16.7. The predicted octanol–water partition coefficient (Wildman–Crippen LogP) is 3.01. The number of ether oxygens (including phenoxy) is 1. The first-order valence-electron chi connectivity index (χ1n) is 6.88. The average Bonchev–Trinajstić information content (AvgIpc) is 2.50. The molecule has 2 aromatic rings. The van der Waals surface area contributed by atoms with E-state index < -0.39 is 0 Å². The average molecular weight is 285 g/mol. The summed E-state index contributed by atoms with van der Waals surface area (Å²) in [6.45, 7) is 2.69. The van der Waals surface area contributed by atoms with Crippen molar-refractivity contribution in [3.63, 3.8) is 0 Å². The SMILES string of the molecule is Cc1ccc(OCCC(=O)NOCc2ccccc2)cc1. The van der Waals surface area contributed by atoms with Gasteiger partial charge in [-0.3, -0.25) is 9.63 Å². The number of carbonyl (C=O) groups is 1. The fourth-order valence-corrected chi connectivity index (χ4v) is 1.72. The minimum Gasteiger partial charge on any atom is -0.493 e. The molecule has 4 heteroatoms. The van der Waals surface area contributed by atoms with Gasteiger partial charge in [0.1, 0.15) is 5.75 Å². The van der Waals surface area contributed by atoms with Crippen molar-refractivity contribution in [2.24, 2.45) is 0 Å². The Kier molecular flexibility index (Phi) is 5.79. The van der Waals surface area contributed by atoms with Crippen LogP contribution in [-0.2, 0) is 16.2 Å². The van der Waals surface area contributed by atoms with Gasteiger partial charge in [-0.2, -0.15) is 0 Å². The molecule has 0 fully saturated rings. The molecule has 0 bridgehead atoms. The minimum atomic E-state index is -0.196. The van der Waals surface area contributed by atoms with Crippen molar-refractivity contribution in [3.8, 4) is 5.75 Å². The van der Waals surface area contributed by atoms with Crippen LogP contribution >= 0.6 is 0 Å². The largest absolute Gasteiger partial charge is 0.493 e. The van der Waals surface area contributed by atoms with E-state index in [0.717, 1.165) is 11.3 Å². The molecule has 0 spiro atoms. The highest BCUT2D eigenvalue weighted by molar-refractivity contribution is 5.74. The number of nitrogens with one attached hydrogen (secondary N) is 1. The molecule has 0 aliphatic heterocycles. The minimum absolute atomic E-state index is 0.196. The Balaban J connectivity index is 1.60. The van der Waals surface area contributed by atoms with Gasteiger partial charge in [-0.15, -0.1) is 0 Å². The number of carbonyl (C=O) groups excluding carboxylic acids is 1. The molecule has 0 saturated heterocycles. The lowest BCUT2D eigenvalue weighted by atomic mass is 10.2. The lowest BCUT2D eigenvalue weighted by Crippen LogP contribution is -2.25. The van der Waals surface area contributed by atoms with Crippen LogP contribution in [0.15, 0.2) is 54.6 Å². The Labute approximate surface area is 124 Å². The van der Waals surface area contributed by atoms with E-state index in [9.17, 15) is 4.79 Å². The Morgan fingerprint density at radius 1 is 1.05 bits per heavy atom. The fraction of sp³-hybridized carbons (Fsp3) is 0.235. The van der Waals surface area contributed by atoms with Gasteiger partial charge in [0.2, 0.25) is 5.91 Å². The van der Waals surface area contributed by atoms with Crippen molar-refractivity contribution in [2.45, 2.75) is 20.0 Å². The van der Waals surface area contributed by atoms with Gasteiger partial charge in [0.15, 0.2) is 0 Å². The Morgan fingerprint density at radius 2 is 1.76 bits per heavy atom. The number of amides is 1. The van der Waals surface area contributed by atoms with Crippen molar-refractivity contribution in [2.75, 3.05) is 6.61 Å². The second-order valence-corrected chi connectivity index (χ2v) is 4.71. The second-order valence-electron chi connectivity index (χ2n) is 4.71. The number of rotatable bonds is 7. The molecular weight excluding hydrogens is 266 g/mol. The summed E-state index contributed by atoms with van der Waals surface area (Å²) in [7, 11) is 0. The first-order chi connectivity index (χ1) is 10.2. The maximum absolute atomic E-state index is 11.6. The van der Waals surface area contributed by atoms with E-state index in [1.807, 2.05) is 61.5 Å². The van der Waals surface area contributed by atoms with Crippen LogP contribution in [0.4, 0.5) is 0 Å². The van der Waals surface area contributed by atoms with E-state index in [1.54, 1.807) is 0 Å². The maximum Gasteiger partial charge on any atom is 0.246 e. The van der Waals surface area contributed by atoms with Gasteiger partial charge >= 0.3 is 0 Å². The molecule has 0 aliphatic rings. The third kappa shape index (κ3) is 5.67. The Bertz CT molecular complexity index is 552. The Hall–Kier alpha value is -2.33. The third-order valence-corrected chi connectivity index (χ3v) is 2.89. The highest BCUT2D eigenvalue weighted by atomic mass is 16.6. The molecule has 0 radical (unpaired) electrons. The molecule has 2 aromatic carbocycles. The number of hydrogen-bond acceptors (Lipinski definition) is 3. The molecule has 0 aromatic heterocycles. The van der Waals surface area contributed by atoms with E-state index in [1.165, 1.54) is 5.56 Å². The van der Waals surface area contributed by atoms with Gasteiger partial charge in [0.25, 0.3) is 0 Å². The van der Waals surface area contributed by atoms with E-state index in [-0.39, 0.29) is 12.3 Å². The monoisotopic (exact) mass is 285 g/mol. The molecule has 0 atom stereocenters. The summed E-state index contributed by atoms with van der Waals surface area (Å²) < 4.78 is 5.48. The first-order valence-corrected chi connectivity index (χ1v) is 6.88. The van der Waals surface area contributed by atoms with Crippen LogP contribution in [0, 0.1) is 6.92 Å². The quantitative estimate of drug-likeness (QED) is 0.795. The summed E-state index contributed by atoms with van der Waals surface area (Å²) in [6.07, 6.45) is 0.253. The molecule has 2 rings (SSSR count). The van der Waals surface area contributed by atoms with Gasteiger partial charge in [-0.05, 0) is 24.6 Å². The zero-order chi connectivity index (χ0) is 14.9. The van der Waals surface area contributed by atoms with Crippen LogP contribution in [0.25, 0.3) is 0 Å². The molecular formula is C17H19NO3. The first kappa shape index (κ1) is 15.1. The van der Waals surface area contributed by atoms with Gasteiger partial charge in [-0.1, -0.05) is 48.0 Å². The lowest BCUT2D eigenvalue weighted by Gasteiger charge is -2.08. The van der Waals surface area contributed by atoms with Crippen molar-refractivity contribution in [1.29, 1.82) is 0 Å². The molecule has 21 heavy (non-hydrogen) atoms. The molecule has 0 saturated carbocycles. The molecule has 0 aliphatic carbocycles. The number of hydrogen-bond donors (Lipinski definition) is 1. The van der Waals surface area contributed by atoms with E-state index in [0.29, 0.717) is 13.2 Å². The van der Waals surface area contributed by atoms with Crippen LogP contribution in [0.1, 0.15) is 17.5 Å². The van der Waals surface area contributed by atoms with Crippen molar-refractivity contribution < 1.29 is 14.4 Å². The molecule has 110 valence electrons. The highest BCUT2D eigenvalue weighted by Crippen LogP contribution is 2.11. The molecule has 1 N–H and O–H groups in total. The summed E-state index contributed by atoms with van der Waals surface area (Å²) in [6, 6.07) is 17.4. The smallest absolute Gasteiger partial charge is 0.246 e. The van der Waals surface area contributed by atoms with Gasteiger partial charge < -0.3 is 4.74 Å². The summed E-state index contributed by atoms with van der Waals surface area (Å²) >= 11 is 0. The number of aryl methyl sites for hydroxylation is 1. The Morgan fingerprint density at radius 3 is 2.48 bits per heavy atom. The predicted molar refractivity (Wildman–Crippen MR) is 80.7 cm³/mol. The topological polar surface area (TPSA) is 47.6 Å². The molecule has 0 heterocycles. The third-order valence-electron chi connectivity index (χ3n) is 2.89. The van der Waals surface area contributed by atoms with Gasteiger partial charge in [0, 0.05) is 0 Å². The summed E-state index contributed by atoms with van der Waals surface area (Å²) in [5, 5.41) is 0. The molecule has 1 amide bonds. The van der Waals surface area contributed by atoms with Gasteiger partial charge in [-0.25, -0.2) is 5.48 Å². The lowest BCUT2D eigenvalue weighted by molar-refractivity contribution is -0.135. The number of benzene rings is 2. The van der Waals surface area contributed by atoms with E-state index in [2.05, 4.69) is 5.48 Å². The van der Waals surface area contributed by atoms with Crippen LogP contribution < -0.4 is 10.2 Å². The van der Waals surface area contributed by atoms with E-state index in [4.69, 9.17) is 9.57 Å². The zero-order valence-corrected chi connectivity index (χ0v) is 12.0. The molecule has 4 nitrogen and oxygen atoms in total. The van der Waals surface area contributed by atoms with Crippen LogP contribution in [0.5, 0.6) is 5.75 Å². The second kappa shape index (κ2) is 8.07. The van der Waals surface area contributed by atoms with Crippen molar-refractivity contribution in [3.05, 3.63) is 65.7 Å². The standard InChI is InChI=1S/C17H19NO3/c1-14-7-9-16(10-8-14)20-12-11-17(19)18-21-13-15-5-3-2-4-6-15/h2-10H,11-13H2,1H3,(H,18,19). The van der Waals surface area contributed by atoms with E-state index >= 15 is 0 Å². The number of hydroxylamine groups is 1. The zero-order valence-electron chi connectivity index (χ0n) is 12.0. The maximum atomic E-state index is 11.6. The van der Waals surface area contributed by atoms with Crippen LogP contribution in [0.3, 0.4) is 0 Å². The van der Waals surface area contributed by atoms with Crippen molar-refractivity contribution in [1.82, 2.24) is 5.48 Å². The van der Waals surface area contributed by atoms with Gasteiger partial charge in [0.05, 0.1) is 19.6 Å². The normalized spacial score (nSPS) is 10.1. The molecule has 0 unspecified atom stereocenters. The van der Waals surface area contributed by atoms with Crippen molar-refractivity contribution >= 4 is 5.91 Å². The summed E-state index contributed by atoms with van der Waals surface area (Å²) in [5.74, 6) is 0.566. The highest BCUT2D eigenvalue weighted by Gasteiger charge is 2.02.